The van der Waals surface area contributed by atoms with Crippen LogP contribution < -0.4 is 5.32 Å². The van der Waals surface area contributed by atoms with E-state index in [1.54, 1.807) is 0 Å². The largest absolute Gasteiger partial charge is 0.386 e. The molecule has 0 spiro atoms. The lowest BCUT2D eigenvalue weighted by Crippen LogP contribution is -2.40. The lowest BCUT2D eigenvalue weighted by Gasteiger charge is -2.29. The van der Waals surface area contributed by atoms with Crippen LogP contribution in [0.25, 0.3) is 0 Å². The molecule has 0 aromatic heterocycles. The fourth-order valence-electron chi connectivity index (χ4n) is 1.30. The number of aliphatic hydroxyl groups is 1. The van der Waals surface area contributed by atoms with Crippen LogP contribution in [0.5, 0.6) is 0 Å². The second-order valence-electron chi connectivity index (χ2n) is 4.05. The molecule has 1 aromatic rings. The zero-order valence-corrected chi connectivity index (χ0v) is 9.31. The molecule has 1 rings (SSSR count). The van der Waals surface area contributed by atoms with Crippen LogP contribution in [0.3, 0.4) is 0 Å². The Balaban J connectivity index is 3.34. The molecular formula is C11H14F3NO. The SMILES string of the molecule is CNc1cccc(C(F)(F)C(C)(C)O)c1F. The summed E-state index contributed by atoms with van der Waals surface area (Å²) in [5.41, 5.74) is -3.16. The molecule has 0 heterocycles. The van der Waals surface area contributed by atoms with Crippen molar-refractivity contribution in [1.82, 2.24) is 0 Å². The molecule has 0 radical (unpaired) electrons. The Labute approximate surface area is 92.1 Å². The molecular weight excluding hydrogens is 219 g/mol. The third kappa shape index (κ3) is 2.00. The smallest absolute Gasteiger partial charge is 0.303 e. The maximum absolute atomic E-state index is 13.7. The molecule has 0 aliphatic carbocycles. The van der Waals surface area contributed by atoms with Crippen LogP contribution in [-0.4, -0.2) is 17.8 Å². The second kappa shape index (κ2) is 3.97. The molecule has 0 aliphatic heterocycles. The Hall–Kier alpha value is -1.23. The maximum atomic E-state index is 13.7. The summed E-state index contributed by atoms with van der Waals surface area (Å²) in [6, 6.07) is 3.62. The summed E-state index contributed by atoms with van der Waals surface area (Å²) < 4.78 is 41.1. The van der Waals surface area contributed by atoms with Crippen LogP contribution in [0.4, 0.5) is 18.9 Å². The van der Waals surface area contributed by atoms with E-state index in [9.17, 15) is 18.3 Å². The highest BCUT2D eigenvalue weighted by Crippen LogP contribution is 2.41. The molecule has 0 aliphatic rings. The third-order valence-electron chi connectivity index (χ3n) is 2.37. The van der Waals surface area contributed by atoms with Crippen molar-refractivity contribution in [2.75, 3.05) is 12.4 Å². The van der Waals surface area contributed by atoms with Crippen molar-refractivity contribution in [3.63, 3.8) is 0 Å². The van der Waals surface area contributed by atoms with E-state index in [1.165, 1.54) is 19.2 Å². The molecule has 0 fully saturated rings. The molecule has 0 unspecified atom stereocenters. The quantitative estimate of drug-likeness (QED) is 0.841. The predicted octanol–water partition coefficient (Wildman–Crippen LogP) is 2.73. The van der Waals surface area contributed by atoms with Crippen LogP contribution in [-0.2, 0) is 5.92 Å². The van der Waals surface area contributed by atoms with Crippen molar-refractivity contribution in [2.24, 2.45) is 0 Å². The molecule has 0 saturated heterocycles. The first kappa shape index (κ1) is 12.8. The molecule has 5 heteroatoms. The van der Waals surface area contributed by atoms with Gasteiger partial charge < -0.3 is 10.4 Å². The average Bonchev–Trinajstić information content (AvgIpc) is 2.16. The van der Waals surface area contributed by atoms with Crippen LogP contribution in [0.2, 0.25) is 0 Å². The van der Waals surface area contributed by atoms with Crippen molar-refractivity contribution in [1.29, 1.82) is 0 Å². The van der Waals surface area contributed by atoms with Gasteiger partial charge in [-0.2, -0.15) is 8.78 Å². The third-order valence-corrected chi connectivity index (χ3v) is 2.37. The monoisotopic (exact) mass is 233 g/mol. The second-order valence-corrected chi connectivity index (χ2v) is 4.05. The minimum absolute atomic E-state index is 0.0265. The van der Waals surface area contributed by atoms with E-state index in [0.29, 0.717) is 0 Å². The number of anilines is 1. The van der Waals surface area contributed by atoms with Gasteiger partial charge in [0, 0.05) is 7.05 Å². The van der Waals surface area contributed by atoms with Crippen molar-refractivity contribution >= 4 is 5.69 Å². The van der Waals surface area contributed by atoms with Gasteiger partial charge in [0.15, 0.2) is 5.82 Å². The molecule has 0 bridgehead atoms. The first-order chi connectivity index (χ1) is 7.21. The lowest BCUT2D eigenvalue weighted by atomic mass is 9.93. The van der Waals surface area contributed by atoms with Crippen LogP contribution in [0.1, 0.15) is 19.4 Å². The molecule has 90 valence electrons. The van der Waals surface area contributed by atoms with E-state index in [4.69, 9.17) is 0 Å². The fraction of sp³-hybridized carbons (Fsp3) is 0.455. The zero-order chi connectivity index (χ0) is 12.6. The van der Waals surface area contributed by atoms with Gasteiger partial charge in [0.05, 0.1) is 11.3 Å². The predicted molar refractivity (Wildman–Crippen MR) is 56.1 cm³/mol. The fourth-order valence-corrected chi connectivity index (χ4v) is 1.30. The van der Waals surface area contributed by atoms with E-state index in [-0.39, 0.29) is 5.69 Å². The van der Waals surface area contributed by atoms with Crippen LogP contribution in [0, 0.1) is 5.82 Å². The average molecular weight is 233 g/mol. The summed E-state index contributed by atoms with van der Waals surface area (Å²) in [5, 5.41) is 11.8. The number of alkyl halides is 2. The molecule has 0 amide bonds. The Bertz CT molecular complexity index is 385. The van der Waals surface area contributed by atoms with Gasteiger partial charge in [0.25, 0.3) is 0 Å². The van der Waals surface area contributed by atoms with Gasteiger partial charge in [-0.25, -0.2) is 4.39 Å². The summed E-state index contributed by atoms with van der Waals surface area (Å²) in [6.07, 6.45) is 0. The summed E-state index contributed by atoms with van der Waals surface area (Å²) >= 11 is 0. The molecule has 2 nitrogen and oxygen atoms in total. The summed E-state index contributed by atoms with van der Waals surface area (Å²) in [6.45, 7) is 1.89. The minimum Gasteiger partial charge on any atom is -0.386 e. The highest BCUT2D eigenvalue weighted by molar-refractivity contribution is 5.48. The molecule has 16 heavy (non-hydrogen) atoms. The molecule has 2 N–H and O–H groups in total. The van der Waals surface area contributed by atoms with Gasteiger partial charge in [0.1, 0.15) is 5.60 Å². The Kier molecular flexibility index (Phi) is 3.19. The van der Waals surface area contributed by atoms with Crippen LogP contribution >= 0.6 is 0 Å². The van der Waals surface area contributed by atoms with Gasteiger partial charge in [-0.1, -0.05) is 6.07 Å². The zero-order valence-electron chi connectivity index (χ0n) is 9.31. The standard InChI is InChI=1S/C11H14F3NO/c1-10(2,16)11(13,14)7-5-4-6-8(15-3)9(7)12/h4-6,15-16H,1-3H3. The number of hydrogen-bond acceptors (Lipinski definition) is 2. The van der Waals surface area contributed by atoms with Crippen molar-refractivity contribution in [3.05, 3.63) is 29.6 Å². The Morgan fingerprint density at radius 1 is 1.25 bits per heavy atom. The van der Waals surface area contributed by atoms with Crippen molar-refractivity contribution in [2.45, 2.75) is 25.4 Å². The van der Waals surface area contributed by atoms with E-state index >= 15 is 0 Å². The van der Waals surface area contributed by atoms with Gasteiger partial charge in [-0.05, 0) is 26.0 Å². The topological polar surface area (TPSA) is 32.3 Å². The van der Waals surface area contributed by atoms with Gasteiger partial charge >= 0.3 is 5.92 Å². The lowest BCUT2D eigenvalue weighted by molar-refractivity contribution is -0.170. The number of hydrogen-bond donors (Lipinski definition) is 2. The molecule has 0 atom stereocenters. The van der Waals surface area contributed by atoms with E-state index in [0.717, 1.165) is 19.9 Å². The number of nitrogens with one attached hydrogen (secondary N) is 1. The van der Waals surface area contributed by atoms with Gasteiger partial charge in [-0.3, -0.25) is 0 Å². The first-order valence-corrected chi connectivity index (χ1v) is 4.78. The normalized spacial score (nSPS) is 12.7. The highest BCUT2D eigenvalue weighted by atomic mass is 19.3. The van der Waals surface area contributed by atoms with Gasteiger partial charge in [-0.15, -0.1) is 0 Å². The van der Waals surface area contributed by atoms with E-state index in [1.807, 2.05) is 0 Å². The van der Waals surface area contributed by atoms with Crippen molar-refractivity contribution in [3.8, 4) is 0 Å². The number of rotatable bonds is 3. The van der Waals surface area contributed by atoms with E-state index in [2.05, 4.69) is 5.32 Å². The number of halogens is 3. The van der Waals surface area contributed by atoms with Gasteiger partial charge in [0.2, 0.25) is 0 Å². The Morgan fingerprint density at radius 3 is 2.25 bits per heavy atom. The first-order valence-electron chi connectivity index (χ1n) is 4.78. The molecule has 1 aromatic carbocycles. The van der Waals surface area contributed by atoms with Crippen molar-refractivity contribution < 1.29 is 18.3 Å². The van der Waals surface area contributed by atoms with Crippen LogP contribution in [0.15, 0.2) is 18.2 Å². The molecule has 0 saturated carbocycles. The highest BCUT2D eigenvalue weighted by Gasteiger charge is 2.48. The summed E-state index contributed by atoms with van der Waals surface area (Å²) in [5.74, 6) is -4.69. The summed E-state index contributed by atoms with van der Waals surface area (Å²) in [4.78, 5) is 0. The number of benzene rings is 1. The van der Waals surface area contributed by atoms with E-state index < -0.39 is 22.9 Å². The Morgan fingerprint density at radius 2 is 1.81 bits per heavy atom. The maximum Gasteiger partial charge on any atom is 0.303 e. The minimum atomic E-state index is -3.65. The summed E-state index contributed by atoms with van der Waals surface area (Å²) in [7, 11) is 1.43.